The Bertz CT molecular complexity index is 626. The molecular formula is C13H14N4O3. The Balaban J connectivity index is 1.69. The zero-order chi connectivity index (χ0) is 13.9. The zero-order valence-electron chi connectivity index (χ0n) is 10.7. The maximum atomic E-state index is 12.3. The van der Waals surface area contributed by atoms with Crippen molar-refractivity contribution in [3.05, 3.63) is 35.7 Å². The molecule has 0 saturated carbocycles. The maximum absolute atomic E-state index is 12.3. The molecule has 20 heavy (non-hydrogen) atoms. The van der Waals surface area contributed by atoms with Crippen LogP contribution in [0.15, 0.2) is 28.7 Å². The monoisotopic (exact) mass is 274 g/mol. The van der Waals surface area contributed by atoms with E-state index in [9.17, 15) is 4.79 Å². The van der Waals surface area contributed by atoms with E-state index in [0.717, 1.165) is 11.3 Å². The number of hydrogen-bond acceptors (Lipinski definition) is 6. The van der Waals surface area contributed by atoms with Crippen LogP contribution in [0.4, 0.5) is 6.01 Å². The maximum Gasteiger partial charge on any atom is 0.312 e. The van der Waals surface area contributed by atoms with Gasteiger partial charge < -0.3 is 20.2 Å². The lowest BCUT2D eigenvalue weighted by atomic mass is 9.92. The molecule has 3 N–H and O–H groups in total. The molecule has 0 radical (unpaired) electrons. The number of nitrogens with one attached hydrogen (secondary N) is 1. The number of aromatic nitrogens is 2. The molecule has 0 spiro atoms. The van der Waals surface area contributed by atoms with Gasteiger partial charge in [0.1, 0.15) is 5.75 Å². The second kappa shape index (κ2) is 5.20. The van der Waals surface area contributed by atoms with Crippen LogP contribution in [-0.2, 0) is 11.3 Å². The van der Waals surface area contributed by atoms with Crippen molar-refractivity contribution in [2.75, 3.05) is 12.3 Å². The number of carbonyl (C=O) groups is 1. The summed E-state index contributed by atoms with van der Waals surface area (Å²) < 4.78 is 10.5. The molecule has 1 aliphatic heterocycles. The van der Waals surface area contributed by atoms with Crippen LogP contribution >= 0.6 is 0 Å². The molecule has 1 unspecified atom stereocenters. The number of nitrogens with two attached hydrogens (primary N) is 1. The number of nitrogens with zero attached hydrogens (tertiary/aromatic N) is 2. The number of rotatable bonds is 3. The van der Waals surface area contributed by atoms with Crippen molar-refractivity contribution in [3.63, 3.8) is 0 Å². The standard InChI is InChI=1S/C13H14N4O3/c14-13-17-16-11(20-13)7-15-12(18)9-5-6-19-10-4-2-1-3-8(9)10/h1-4,9H,5-7H2,(H2,14,17)(H,15,18). The van der Waals surface area contributed by atoms with Gasteiger partial charge in [0.2, 0.25) is 11.8 Å². The highest BCUT2D eigenvalue weighted by molar-refractivity contribution is 5.84. The summed E-state index contributed by atoms with van der Waals surface area (Å²) >= 11 is 0. The van der Waals surface area contributed by atoms with E-state index in [2.05, 4.69) is 15.5 Å². The van der Waals surface area contributed by atoms with Crippen molar-refractivity contribution in [1.29, 1.82) is 0 Å². The fourth-order valence-corrected chi connectivity index (χ4v) is 2.24. The Morgan fingerprint density at radius 1 is 1.40 bits per heavy atom. The van der Waals surface area contributed by atoms with E-state index in [1.165, 1.54) is 0 Å². The van der Waals surface area contributed by atoms with Crippen molar-refractivity contribution < 1.29 is 13.9 Å². The molecule has 2 aromatic rings. The summed E-state index contributed by atoms with van der Waals surface area (Å²) in [6.07, 6.45) is 0.648. The highest BCUT2D eigenvalue weighted by Gasteiger charge is 2.27. The van der Waals surface area contributed by atoms with Crippen molar-refractivity contribution >= 4 is 11.9 Å². The number of amides is 1. The fraction of sp³-hybridized carbons (Fsp3) is 0.308. The Hall–Kier alpha value is -2.57. The average molecular weight is 274 g/mol. The number of fused-ring (bicyclic) bond motifs is 1. The summed E-state index contributed by atoms with van der Waals surface area (Å²) in [7, 11) is 0. The van der Waals surface area contributed by atoms with Crippen LogP contribution in [0.2, 0.25) is 0 Å². The van der Waals surface area contributed by atoms with Crippen LogP contribution in [0.5, 0.6) is 5.75 Å². The van der Waals surface area contributed by atoms with E-state index < -0.39 is 0 Å². The topological polar surface area (TPSA) is 103 Å². The summed E-state index contributed by atoms with van der Waals surface area (Å²) in [5.74, 6) is 0.745. The molecule has 0 fully saturated rings. The molecular weight excluding hydrogens is 260 g/mol. The van der Waals surface area contributed by atoms with Gasteiger partial charge in [0.05, 0.1) is 19.1 Å². The SMILES string of the molecule is Nc1nnc(CNC(=O)C2CCOc3ccccc32)o1. The van der Waals surface area contributed by atoms with E-state index in [1.807, 2.05) is 24.3 Å². The third-order valence-corrected chi connectivity index (χ3v) is 3.17. The molecule has 1 aromatic heterocycles. The van der Waals surface area contributed by atoms with Crippen LogP contribution in [0.1, 0.15) is 23.8 Å². The lowest BCUT2D eigenvalue weighted by Crippen LogP contribution is -2.32. The van der Waals surface area contributed by atoms with Crippen molar-refractivity contribution in [2.45, 2.75) is 18.9 Å². The van der Waals surface area contributed by atoms with Gasteiger partial charge in [-0.2, -0.15) is 0 Å². The van der Waals surface area contributed by atoms with E-state index in [4.69, 9.17) is 14.9 Å². The predicted octanol–water partition coefficient (Wildman–Crippen LogP) is 0.834. The van der Waals surface area contributed by atoms with Crippen LogP contribution in [0.3, 0.4) is 0 Å². The number of nitrogen functional groups attached to an aromatic ring is 1. The minimum absolute atomic E-state index is 0.00865. The van der Waals surface area contributed by atoms with Crippen LogP contribution < -0.4 is 15.8 Å². The molecule has 1 aliphatic rings. The van der Waals surface area contributed by atoms with E-state index in [1.54, 1.807) is 0 Å². The number of ether oxygens (including phenoxy) is 1. The second-order valence-corrected chi connectivity index (χ2v) is 4.48. The highest BCUT2D eigenvalue weighted by atomic mass is 16.5. The Morgan fingerprint density at radius 3 is 3.05 bits per heavy atom. The first kappa shape index (κ1) is 12.5. The Kier molecular flexibility index (Phi) is 3.24. The average Bonchev–Trinajstić information content (AvgIpc) is 2.90. The number of hydrogen-bond donors (Lipinski definition) is 2. The van der Waals surface area contributed by atoms with Crippen LogP contribution in [0.25, 0.3) is 0 Å². The molecule has 0 bridgehead atoms. The number of anilines is 1. The first-order valence-electron chi connectivity index (χ1n) is 6.31. The fourth-order valence-electron chi connectivity index (χ4n) is 2.24. The van der Waals surface area contributed by atoms with Gasteiger partial charge in [-0.05, 0) is 12.5 Å². The largest absolute Gasteiger partial charge is 0.493 e. The second-order valence-electron chi connectivity index (χ2n) is 4.48. The van der Waals surface area contributed by atoms with E-state index in [-0.39, 0.29) is 30.3 Å². The van der Waals surface area contributed by atoms with Crippen molar-refractivity contribution in [3.8, 4) is 5.75 Å². The summed E-state index contributed by atoms with van der Waals surface area (Å²) in [6.45, 7) is 0.700. The highest BCUT2D eigenvalue weighted by Crippen LogP contribution is 2.33. The van der Waals surface area contributed by atoms with E-state index >= 15 is 0 Å². The molecule has 2 heterocycles. The first-order valence-corrected chi connectivity index (χ1v) is 6.31. The number of para-hydroxylation sites is 1. The minimum Gasteiger partial charge on any atom is -0.493 e. The van der Waals surface area contributed by atoms with Gasteiger partial charge in [0.15, 0.2) is 0 Å². The number of carbonyl (C=O) groups excluding carboxylic acids is 1. The molecule has 7 nitrogen and oxygen atoms in total. The smallest absolute Gasteiger partial charge is 0.312 e. The van der Waals surface area contributed by atoms with Crippen molar-refractivity contribution in [2.24, 2.45) is 0 Å². The van der Waals surface area contributed by atoms with Gasteiger partial charge in [0.25, 0.3) is 0 Å². The van der Waals surface area contributed by atoms with Gasteiger partial charge in [-0.15, -0.1) is 5.10 Å². The molecule has 3 rings (SSSR count). The van der Waals surface area contributed by atoms with Gasteiger partial charge in [-0.1, -0.05) is 23.3 Å². The molecule has 0 saturated heterocycles. The molecule has 0 aliphatic carbocycles. The minimum atomic E-state index is -0.222. The van der Waals surface area contributed by atoms with Gasteiger partial charge in [-0.25, -0.2) is 0 Å². The zero-order valence-corrected chi connectivity index (χ0v) is 10.7. The molecule has 1 amide bonds. The summed E-state index contributed by atoms with van der Waals surface area (Å²) in [4.78, 5) is 12.3. The van der Waals surface area contributed by atoms with Gasteiger partial charge in [0, 0.05) is 5.56 Å². The summed E-state index contributed by atoms with van der Waals surface area (Å²) in [6, 6.07) is 7.55. The van der Waals surface area contributed by atoms with E-state index in [0.29, 0.717) is 13.0 Å². The third kappa shape index (κ3) is 2.42. The molecule has 104 valence electrons. The summed E-state index contributed by atoms with van der Waals surface area (Å²) in [5.41, 5.74) is 6.23. The van der Waals surface area contributed by atoms with Gasteiger partial charge >= 0.3 is 6.01 Å². The van der Waals surface area contributed by atoms with Crippen molar-refractivity contribution in [1.82, 2.24) is 15.5 Å². The molecule has 7 heteroatoms. The normalized spacial score (nSPS) is 17.1. The molecule has 1 aromatic carbocycles. The predicted molar refractivity (Wildman–Crippen MR) is 69.9 cm³/mol. The van der Waals surface area contributed by atoms with Crippen LogP contribution in [-0.4, -0.2) is 22.7 Å². The Labute approximate surface area is 115 Å². The quantitative estimate of drug-likeness (QED) is 0.859. The summed E-state index contributed by atoms with van der Waals surface area (Å²) in [5, 5.41) is 10.0. The van der Waals surface area contributed by atoms with Gasteiger partial charge in [-0.3, -0.25) is 4.79 Å². The Morgan fingerprint density at radius 2 is 2.25 bits per heavy atom. The first-order chi connectivity index (χ1) is 9.74. The lowest BCUT2D eigenvalue weighted by molar-refractivity contribution is -0.123. The molecule has 1 atom stereocenters. The van der Waals surface area contributed by atoms with Crippen LogP contribution in [0, 0.1) is 0 Å². The third-order valence-electron chi connectivity index (χ3n) is 3.17. The lowest BCUT2D eigenvalue weighted by Gasteiger charge is -2.24. The number of benzene rings is 1.